The number of para-hydroxylation sites is 2. The van der Waals surface area contributed by atoms with Gasteiger partial charge < -0.3 is 10.1 Å². The van der Waals surface area contributed by atoms with Gasteiger partial charge in [-0.15, -0.1) is 11.3 Å². The number of rotatable bonds is 7. The summed E-state index contributed by atoms with van der Waals surface area (Å²) in [4.78, 5) is 29.7. The van der Waals surface area contributed by atoms with E-state index >= 15 is 0 Å². The third-order valence-corrected chi connectivity index (χ3v) is 4.81. The number of halogens is 1. The first-order valence-electron chi connectivity index (χ1n) is 8.30. The van der Waals surface area contributed by atoms with Crippen LogP contribution in [0.15, 0.2) is 41.9 Å². The summed E-state index contributed by atoms with van der Waals surface area (Å²) in [7, 11) is 0. The molecule has 1 atom stereocenters. The lowest BCUT2D eigenvalue weighted by atomic mass is 10.0. The molecule has 142 valence electrons. The van der Waals surface area contributed by atoms with Crippen molar-refractivity contribution in [1.29, 1.82) is 5.26 Å². The van der Waals surface area contributed by atoms with Gasteiger partial charge in [0.2, 0.25) is 5.91 Å². The van der Waals surface area contributed by atoms with Gasteiger partial charge in [-0.2, -0.15) is 5.26 Å². The average Bonchev–Trinajstić information content (AvgIpc) is 3.23. The van der Waals surface area contributed by atoms with Crippen LogP contribution < -0.4 is 10.1 Å². The van der Waals surface area contributed by atoms with Gasteiger partial charge in [0.15, 0.2) is 21.8 Å². The van der Waals surface area contributed by atoms with E-state index in [9.17, 15) is 14.9 Å². The Morgan fingerprint density at radius 3 is 3.00 bits per heavy atom. The van der Waals surface area contributed by atoms with Gasteiger partial charge in [0.05, 0.1) is 24.1 Å². The number of anilines is 1. The van der Waals surface area contributed by atoms with Gasteiger partial charge in [0, 0.05) is 11.6 Å². The van der Waals surface area contributed by atoms with Crippen LogP contribution in [-0.2, 0) is 9.59 Å². The number of fused-ring (bicyclic) bond motifs is 1. The predicted octanol–water partition coefficient (Wildman–Crippen LogP) is 3.81. The summed E-state index contributed by atoms with van der Waals surface area (Å²) in [6, 6.07) is 8.55. The Labute approximate surface area is 169 Å². The van der Waals surface area contributed by atoms with E-state index in [4.69, 9.17) is 16.3 Å². The van der Waals surface area contributed by atoms with Crippen molar-refractivity contribution in [2.45, 2.75) is 6.92 Å². The molecule has 0 aliphatic heterocycles. The Hall–Kier alpha value is -3.15. The molecule has 1 aromatic carbocycles. The molecule has 0 saturated carbocycles. The van der Waals surface area contributed by atoms with E-state index in [1.54, 1.807) is 40.9 Å². The fraction of sp³-hybridized carbons (Fsp3) is 0.158. The van der Waals surface area contributed by atoms with E-state index < -0.39 is 17.6 Å². The minimum absolute atomic E-state index is 0.236. The van der Waals surface area contributed by atoms with Crippen molar-refractivity contribution in [1.82, 2.24) is 9.38 Å². The fourth-order valence-electron chi connectivity index (χ4n) is 2.49. The Bertz CT molecular complexity index is 1100. The van der Waals surface area contributed by atoms with Crippen molar-refractivity contribution in [2.75, 3.05) is 11.9 Å². The molecule has 1 unspecified atom stereocenters. The second kappa shape index (κ2) is 8.69. The van der Waals surface area contributed by atoms with E-state index in [2.05, 4.69) is 10.3 Å². The largest absolute Gasteiger partial charge is 0.492 e. The molecule has 2 aromatic heterocycles. The van der Waals surface area contributed by atoms with E-state index in [1.807, 2.05) is 12.3 Å². The van der Waals surface area contributed by atoms with E-state index in [0.717, 1.165) is 6.08 Å². The molecule has 0 fully saturated rings. The molecular weight excluding hydrogens is 400 g/mol. The smallest absolute Gasteiger partial charge is 0.249 e. The van der Waals surface area contributed by atoms with E-state index in [1.165, 1.54) is 17.4 Å². The number of ether oxygens (including phenoxy) is 1. The summed E-state index contributed by atoms with van der Waals surface area (Å²) in [6.07, 6.45) is 4.38. The molecule has 28 heavy (non-hydrogen) atoms. The van der Waals surface area contributed by atoms with Crippen LogP contribution >= 0.6 is 22.9 Å². The lowest BCUT2D eigenvalue weighted by Crippen LogP contribution is -2.27. The third-order valence-electron chi connectivity index (χ3n) is 3.78. The molecule has 3 rings (SSSR count). The summed E-state index contributed by atoms with van der Waals surface area (Å²) in [6.45, 7) is 2.23. The maximum Gasteiger partial charge on any atom is 0.249 e. The number of imidazole rings is 1. The van der Waals surface area contributed by atoms with Crippen LogP contribution in [0.4, 0.5) is 5.69 Å². The van der Waals surface area contributed by atoms with Crippen LogP contribution in [0.2, 0.25) is 5.15 Å². The number of thiazole rings is 1. The molecule has 2 heterocycles. The summed E-state index contributed by atoms with van der Waals surface area (Å²) >= 11 is 7.48. The van der Waals surface area contributed by atoms with Crippen LogP contribution in [0.25, 0.3) is 11.0 Å². The quantitative estimate of drug-likeness (QED) is 0.468. The number of ketones is 1. The fourth-order valence-corrected chi connectivity index (χ4v) is 3.50. The molecule has 1 amide bonds. The van der Waals surface area contributed by atoms with Gasteiger partial charge in [0.25, 0.3) is 0 Å². The molecule has 9 heteroatoms. The highest BCUT2D eigenvalue weighted by atomic mass is 35.5. The molecular formula is C19H15ClN4O3S. The summed E-state index contributed by atoms with van der Waals surface area (Å²) in [5.41, 5.74) is 0.898. The first-order chi connectivity index (χ1) is 13.5. The van der Waals surface area contributed by atoms with Crippen LogP contribution in [0.5, 0.6) is 5.75 Å². The van der Waals surface area contributed by atoms with Gasteiger partial charge in [0.1, 0.15) is 5.75 Å². The highest BCUT2D eigenvalue weighted by Crippen LogP contribution is 2.25. The van der Waals surface area contributed by atoms with Gasteiger partial charge >= 0.3 is 0 Å². The second-order valence-corrected chi connectivity index (χ2v) is 6.79. The maximum absolute atomic E-state index is 12.5. The molecule has 7 nitrogen and oxygen atoms in total. The summed E-state index contributed by atoms with van der Waals surface area (Å²) < 4.78 is 7.15. The number of benzene rings is 1. The minimum atomic E-state index is -1.50. The molecule has 0 aliphatic rings. The average molecular weight is 415 g/mol. The van der Waals surface area contributed by atoms with E-state index in [-0.39, 0.29) is 5.15 Å². The van der Waals surface area contributed by atoms with Crippen LogP contribution in [0.1, 0.15) is 12.6 Å². The maximum atomic E-state index is 12.5. The van der Waals surface area contributed by atoms with Crippen molar-refractivity contribution in [3.8, 4) is 11.8 Å². The summed E-state index contributed by atoms with van der Waals surface area (Å²) in [5, 5.41) is 14.0. The number of aromatic nitrogens is 2. The van der Waals surface area contributed by atoms with Gasteiger partial charge in [-0.25, -0.2) is 4.98 Å². The van der Waals surface area contributed by atoms with Crippen molar-refractivity contribution in [2.24, 2.45) is 5.92 Å². The molecule has 0 spiro atoms. The van der Waals surface area contributed by atoms with Crippen molar-refractivity contribution in [3.63, 3.8) is 0 Å². The number of carbonyl (C=O) groups is 2. The number of nitriles is 1. The number of nitrogens with one attached hydrogen (secondary N) is 1. The highest BCUT2D eigenvalue weighted by Gasteiger charge is 2.25. The van der Waals surface area contributed by atoms with E-state index in [0.29, 0.717) is 28.7 Å². The Morgan fingerprint density at radius 2 is 2.25 bits per heavy atom. The van der Waals surface area contributed by atoms with Crippen LogP contribution in [0, 0.1) is 17.2 Å². The first kappa shape index (κ1) is 19.6. The Kier molecular flexibility index (Phi) is 6.09. The number of amides is 1. The zero-order chi connectivity index (χ0) is 20.1. The second-order valence-electron chi connectivity index (χ2n) is 5.56. The monoisotopic (exact) mass is 414 g/mol. The van der Waals surface area contributed by atoms with Crippen LogP contribution in [0.3, 0.4) is 0 Å². The predicted molar refractivity (Wildman–Crippen MR) is 107 cm³/mol. The molecule has 0 saturated heterocycles. The Morgan fingerprint density at radius 1 is 1.46 bits per heavy atom. The number of hydrogen-bond donors (Lipinski definition) is 1. The standard InChI is InChI=1S/C19H15ClN4O3S/c1-2-27-16-6-4-3-5-13(16)22-18(26)12(11-21)15(25)8-7-14-17(20)23-19-24(14)9-10-28-19/h3-10,12H,2H2,1H3,(H,22,26)/b8-7+. The Balaban J connectivity index is 1.76. The minimum Gasteiger partial charge on any atom is -0.492 e. The zero-order valence-electron chi connectivity index (χ0n) is 14.8. The van der Waals surface area contributed by atoms with Gasteiger partial charge in [-0.1, -0.05) is 23.7 Å². The molecule has 3 aromatic rings. The van der Waals surface area contributed by atoms with Crippen molar-refractivity contribution < 1.29 is 14.3 Å². The number of nitrogens with zero attached hydrogens (tertiary/aromatic N) is 3. The SMILES string of the molecule is CCOc1ccccc1NC(=O)C(C#N)C(=O)/C=C/c1c(Cl)nc2sccn12. The van der Waals surface area contributed by atoms with Crippen LogP contribution in [-0.4, -0.2) is 27.7 Å². The topological polar surface area (TPSA) is 96.5 Å². The molecule has 1 N–H and O–H groups in total. The molecule has 0 radical (unpaired) electrons. The number of hydrogen-bond acceptors (Lipinski definition) is 6. The lowest BCUT2D eigenvalue weighted by Gasteiger charge is -2.12. The summed E-state index contributed by atoms with van der Waals surface area (Å²) in [5.74, 6) is -2.43. The zero-order valence-corrected chi connectivity index (χ0v) is 16.3. The van der Waals surface area contributed by atoms with Gasteiger partial charge in [-0.05, 0) is 31.2 Å². The first-order valence-corrected chi connectivity index (χ1v) is 9.56. The third kappa shape index (κ3) is 4.06. The number of allylic oxidation sites excluding steroid dienone is 1. The van der Waals surface area contributed by atoms with Gasteiger partial charge in [-0.3, -0.25) is 14.0 Å². The molecule has 0 bridgehead atoms. The van der Waals surface area contributed by atoms with Crippen molar-refractivity contribution >= 4 is 51.4 Å². The highest BCUT2D eigenvalue weighted by molar-refractivity contribution is 7.15. The number of carbonyl (C=O) groups excluding carboxylic acids is 2. The van der Waals surface area contributed by atoms with Crippen molar-refractivity contribution in [3.05, 3.63) is 52.8 Å². The normalized spacial score (nSPS) is 12.0. The lowest BCUT2D eigenvalue weighted by molar-refractivity contribution is -0.126. The molecule has 0 aliphatic carbocycles.